The Hall–Kier alpha value is -0.940. The Balaban J connectivity index is 0. The van der Waals surface area contributed by atoms with Gasteiger partial charge in [0.05, 0.1) is 0 Å². The Kier molecular flexibility index (Phi) is 21.2. The Morgan fingerprint density at radius 3 is 2.00 bits per heavy atom. The summed E-state index contributed by atoms with van der Waals surface area (Å²) in [5.74, 6) is -1.10. The number of carbonyl (C=O) groups is 2. The standard InChI is InChI=1S/C27H43NO3.Na.H/c1-2-3-4-5-6-7-8-9-10-11-12-13-14-15-19-22-26(29)31-27(30)25(28)23-24-20-17-16-18-21-24;;/h9-10,16-18,20-21,25H,2-8,11-15,19,22-23,28H2,1H3;;/q;+1;-1/b10-9-;;. The first-order valence-corrected chi connectivity index (χ1v) is 12.3. The molecule has 0 amide bonds. The normalized spacial score (nSPS) is 11.8. The van der Waals surface area contributed by atoms with Gasteiger partial charge >= 0.3 is 41.5 Å². The molecular formula is C27H44NNaO3. The summed E-state index contributed by atoms with van der Waals surface area (Å²) >= 11 is 0. The van der Waals surface area contributed by atoms with Crippen LogP contribution in [0.1, 0.15) is 104 Å². The minimum atomic E-state index is -0.805. The number of benzene rings is 1. The van der Waals surface area contributed by atoms with Crippen molar-refractivity contribution in [3.63, 3.8) is 0 Å². The topological polar surface area (TPSA) is 69.4 Å². The molecule has 1 atom stereocenters. The molecular weight excluding hydrogens is 409 g/mol. The molecule has 0 heterocycles. The maximum atomic E-state index is 11.9. The van der Waals surface area contributed by atoms with Gasteiger partial charge in [-0.3, -0.25) is 4.79 Å². The van der Waals surface area contributed by atoms with Crippen molar-refractivity contribution < 1.29 is 45.3 Å². The van der Waals surface area contributed by atoms with Gasteiger partial charge in [0.2, 0.25) is 0 Å². The molecule has 1 aromatic rings. The summed E-state index contributed by atoms with van der Waals surface area (Å²) in [5, 5.41) is 0. The van der Waals surface area contributed by atoms with Gasteiger partial charge in [0.25, 0.3) is 0 Å². The molecule has 0 aliphatic carbocycles. The molecule has 176 valence electrons. The smallest absolute Gasteiger partial charge is 1.00 e. The summed E-state index contributed by atoms with van der Waals surface area (Å²) in [4.78, 5) is 23.8. The third-order valence-corrected chi connectivity index (χ3v) is 5.46. The summed E-state index contributed by atoms with van der Waals surface area (Å²) in [6.07, 6.45) is 21.0. The van der Waals surface area contributed by atoms with Gasteiger partial charge in [-0.05, 0) is 44.1 Å². The average molecular weight is 454 g/mol. The maximum absolute atomic E-state index is 11.9. The van der Waals surface area contributed by atoms with E-state index in [9.17, 15) is 9.59 Å². The van der Waals surface area contributed by atoms with E-state index >= 15 is 0 Å². The Morgan fingerprint density at radius 1 is 0.875 bits per heavy atom. The number of hydrogen-bond acceptors (Lipinski definition) is 4. The third-order valence-electron chi connectivity index (χ3n) is 5.46. The molecule has 1 rings (SSSR count). The predicted molar refractivity (Wildman–Crippen MR) is 130 cm³/mol. The van der Waals surface area contributed by atoms with Crippen molar-refractivity contribution in [3.8, 4) is 0 Å². The zero-order valence-corrected chi connectivity index (χ0v) is 22.5. The van der Waals surface area contributed by atoms with Crippen LogP contribution >= 0.6 is 0 Å². The second-order valence-corrected chi connectivity index (χ2v) is 8.42. The van der Waals surface area contributed by atoms with Gasteiger partial charge in [0.1, 0.15) is 6.04 Å². The van der Waals surface area contributed by atoms with E-state index in [-0.39, 0.29) is 37.4 Å². The van der Waals surface area contributed by atoms with Crippen LogP contribution in [0.5, 0.6) is 0 Å². The minimum Gasteiger partial charge on any atom is -1.00 e. The first-order chi connectivity index (χ1) is 15.1. The minimum absolute atomic E-state index is 0. The zero-order valence-electron chi connectivity index (χ0n) is 21.5. The van der Waals surface area contributed by atoms with Gasteiger partial charge in [0, 0.05) is 6.42 Å². The van der Waals surface area contributed by atoms with Gasteiger partial charge in [0.15, 0.2) is 0 Å². The van der Waals surface area contributed by atoms with Gasteiger partial charge in [-0.2, -0.15) is 0 Å². The van der Waals surface area contributed by atoms with Crippen molar-refractivity contribution in [1.29, 1.82) is 0 Å². The fourth-order valence-corrected chi connectivity index (χ4v) is 3.53. The molecule has 0 saturated heterocycles. The van der Waals surface area contributed by atoms with Crippen LogP contribution in [-0.4, -0.2) is 18.0 Å². The second-order valence-electron chi connectivity index (χ2n) is 8.42. The zero-order chi connectivity index (χ0) is 22.6. The molecule has 32 heavy (non-hydrogen) atoms. The van der Waals surface area contributed by atoms with Crippen LogP contribution < -0.4 is 35.3 Å². The Bertz CT molecular complexity index is 625. The fourth-order valence-electron chi connectivity index (χ4n) is 3.53. The Labute approximate surface area is 219 Å². The number of esters is 2. The van der Waals surface area contributed by atoms with E-state index in [1.165, 1.54) is 57.8 Å². The molecule has 0 spiro atoms. The molecule has 0 aliphatic rings. The van der Waals surface area contributed by atoms with Crippen molar-refractivity contribution in [2.45, 2.75) is 109 Å². The number of ether oxygens (including phenoxy) is 1. The van der Waals surface area contributed by atoms with Crippen molar-refractivity contribution in [3.05, 3.63) is 48.0 Å². The molecule has 1 aromatic carbocycles. The number of hydrogen-bond donors (Lipinski definition) is 1. The largest absolute Gasteiger partial charge is 1.00 e. The maximum Gasteiger partial charge on any atom is 1.00 e. The van der Waals surface area contributed by atoms with Crippen molar-refractivity contribution in [1.82, 2.24) is 0 Å². The monoisotopic (exact) mass is 453 g/mol. The van der Waals surface area contributed by atoms with Crippen LogP contribution in [0.4, 0.5) is 0 Å². The SMILES string of the molecule is CCCCCCCC/C=C\CCCCCCCC(=O)OC(=O)C(N)Cc1ccccc1.[H-].[Na+]. The van der Waals surface area contributed by atoms with E-state index in [4.69, 9.17) is 10.5 Å². The van der Waals surface area contributed by atoms with E-state index in [0.717, 1.165) is 31.2 Å². The molecule has 0 bridgehead atoms. The molecule has 4 nitrogen and oxygen atoms in total. The van der Waals surface area contributed by atoms with Crippen molar-refractivity contribution >= 4 is 11.9 Å². The molecule has 2 N–H and O–H groups in total. The first-order valence-electron chi connectivity index (χ1n) is 12.3. The van der Waals surface area contributed by atoms with E-state index in [2.05, 4.69) is 19.1 Å². The Morgan fingerprint density at radius 2 is 1.41 bits per heavy atom. The summed E-state index contributed by atoms with van der Waals surface area (Å²) in [7, 11) is 0. The first kappa shape index (κ1) is 31.1. The van der Waals surface area contributed by atoms with Crippen molar-refractivity contribution in [2.24, 2.45) is 5.73 Å². The number of carbonyl (C=O) groups excluding carboxylic acids is 2. The van der Waals surface area contributed by atoms with Crippen molar-refractivity contribution in [2.75, 3.05) is 0 Å². The van der Waals surface area contributed by atoms with Gasteiger partial charge in [-0.15, -0.1) is 0 Å². The van der Waals surface area contributed by atoms with Gasteiger partial charge < -0.3 is 11.9 Å². The van der Waals surface area contributed by atoms with Crippen LogP contribution in [0.3, 0.4) is 0 Å². The van der Waals surface area contributed by atoms with Crippen LogP contribution in [0, 0.1) is 0 Å². The molecule has 0 radical (unpaired) electrons. The van der Waals surface area contributed by atoms with Gasteiger partial charge in [-0.25, -0.2) is 4.79 Å². The number of nitrogens with two attached hydrogens (primary N) is 1. The van der Waals surface area contributed by atoms with E-state index in [1.807, 2.05) is 30.3 Å². The fraction of sp³-hybridized carbons (Fsp3) is 0.630. The summed E-state index contributed by atoms with van der Waals surface area (Å²) < 4.78 is 4.89. The average Bonchev–Trinajstić information content (AvgIpc) is 2.77. The van der Waals surface area contributed by atoms with E-state index in [1.54, 1.807) is 0 Å². The van der Waals surface area contributed by atoms with Gasteiger partial charge in [-0.1, -0.05) is 101 Å². The molecule has 0 saturated carbocycles. The predicted octanol–water partition coefficient (Wildman–Crippen LogP) is 3.78. The summed E-state index contributed by atoms with van der Waals surface area (Å²) in [5.41, 5.74) is 6.81. The molecule has 0 aromatic heterocycles. The van der Waals surface area contributed by atoms with E-state index in [0.29, 0.717) is 6.42 Å². The van der Waals surface area contributed by atoms with Crippen LogP contribution in [0.2, 0.25) is 0 Å². The number of rotatable bonds is 18. The number of unbranched alkanes of at least 4 members (excludes halogenated alkanes) is 11. The molecule has 5 heteroatoms. The third kappa shape index (κ3) is 17.6. The summed E-state index contributed by atoms with van der Waals surface area (Å²) in [6, 6.07) is 8.70. The molecule has 0 aliphatic heterocycles. The number of allylic oxidation sites excluding steroid dienone is 2. The second kappa shape index (κ2) is 21.9. The molecule has 0 fully saturated rings. The van der Waals surface area contributed by atoms with E-state index < -0.39 is 18.0 Å². The quantitative estimate of drug-likeness (QED) is 0.121. The van der Waals surface area contributed by atoms with Crippen LogP contribution in [0.25, 0.3) is 0 Å². The molecule has 1 unspecified atom stereocenters. The summed E-state index contributed by atoms with van der Waals surface area (Å²) in [6.45, 7) is 2.25. The van der Waals surface area contributed by atoms with Crippen LogP contribution in [0.15, 0.2) is 42.5 Å². The van der Waals surface area contributed by atoms with Crippen LogP contribution in [-0.2, 0) is 20.7 Å².